The number of rotatable bonds is 5. The molecule has 2 aromatic heterocycles. The number of hydrogen-bond donors (Lipinski definition) is 1. The van der Waals surface area contributed by atoms with Gasteiger partial charge < -0.3 is 5.32 Å². The molecule has 0 spiro atoms. The third kappa shape index (κ3) is 3.26. The molecule has 0 radical (unpaired) electrons. The summed E-state index contributed by atoms with van der Waals surface area (Å²) in [4.78, 5) is 4.55. The van der Waals surface area contributed by atoms with Crippen LogP contribution in [0.4, 0.5) is 0 Å². The van der Waals surface area contributed by atoms with Crippen LogP contribution < -0.4 is 5.32 Å². The number of hydrogen-bond acceptors (Lipinski definition) is 3. The van der Waals surface area contributed by atoms with Crippen LogP contribution in [-0.4, -0.2) is 11.5 Å². The van der Waals surface area contributed by atoms with Gasteiger partial charge in [0.1, 0.15) is 0 Å². The van der Waals surface area contributed by atoms with Gasteiger partial charge in [-0.25, -0.2) is 0 Å². The molecule has 108 valence electrons. The third-order valence-corrected chi connectivity index (χ3v) is 4.78. The van der Waals surface area contributed by atoms with Crippen LogP contribution in [0.1, 0.15) is 24.1 Å². The fourth-order valence-electron chi connectivity index (χ4n) is 2.49. The number of nitrogens with zero attached hydrogens (tertiary/aromatic N) is 1. The standard InChI is InChI=1S/C17H17ClN2S/c1-2-19-16(9-12-5-3-4-6-14(12)18)13-10-17-15(20-11-13)7-8-21-17/h3-8,10-11,16,19H,2,9H2,1H3. The predicted octanol–water partition coefficient (Wildman–Crippen LogP) is 4.84. The maximum atomic E-state index is 6.29. The third-order valence-electron chi connectivity index (χ3n) is 3.56. The zero-order valence-corrected chi connectivity index (χ0v) is 13.4. The molecule has 0 bridgehead atoms. The van der Waals surface area contributed by atoms with E-state index in [-0.39, 0.29) is 6.04 Å². The Balaban J connectivity index is 1.91. The fraction of sp³-hybridized carbons (Fsp3) is 0.235. The predicted molar refractivity (Wildman–Crippen MR) is 91.2 cm³/mol. The lowest BCUT2D eigenvalue weighted by molar-refractivity contribution is 0.549. The molecule has 2 heterocycles. The van der Waals surface area contributed by atoms with Gasteiger partial charge >= 0.3 is 0 Å². The Kier molecular flexibility index (Phi) is 4.54. The minimum Gasteiger partial charge on any atom is -0.310 e. The van der Waals surface area contributed by atoms with Gasteiger partial charge in [0.05, 0.1) is 10.2 Å². The summed E-state index contributed by atoms with van der Waals surface area (Å²) in [5, 5.41) is 6.44. The largest absolute Gasteiger partial charge is 0.310 e. The minimum absolute atomic E-state index is 0.230. The van der Waals surface area contributed by atoms with Gasteiger partial charge in [0.25, 0.3) is 0 Å². The molecule has 0 saturated heterocycles. The molecule has 0 aliphatic rings. The zero-order valence-electron chi connectivity index (χ0n) is 11.8. The first kappa shape index (κ1) is 14.5. The molecule has 0 aliphatic heterocycles. The van der Waals surface area contributed by atoms with Crippen molar-refractivity contribution in [2.75, 3.05) is 6.54 Å². The van der Waals surface area contributed by atoms with E-state index in [0.29, 0.717) is 0 Å². The molecular formula is C17H17ClN2S. The Labute approximate surface area is 133 Å². The minimum atomic E-state index is 0.230. The summed E-state index contributed by atoms with van der Waals surface area (Å²) in [6.45, 7) is 3.04. The van der Waals surface area contributed by atoms with Crippen molar-refractivity contribution in [2.45, 2.75) is 19.4 Å². The Morgan fingerprint density at radius 3 is 2.95 bits per heavy atom. The maximum absolute atomic E-state index is 6.29. The van der Waals surface area contributed by atoms with Crippen molar-refractivity contribution < 1.29 is 0 Å². The lowest BCUT2D eigenvalue weighted by atomic mass is 10.00. The summed E-state index contributed by atoms with van der Waals surface area (Å²) in [5.41, 5.74) is 3.44. The highest BCUT2D eigenvalue weighted by atomic mass is 35.5. The van der Waals surface area contributed by atoms with Crippen molar-refractivity contribution in [3.05, 3.63) is 64.1 Å². The SMILES string of the molecule is CCNC(Cc1ccccc1Cl)c1cnc2ccsc2c1. The van der Waals surface area contributed by atoms with E-state index < -0.39 is 0 Å². The van der Waals surface area contributed by atoms with Crippen LogP contribution in [-0.2, 0) is 6.42 Å². The lowest BCUT2D eigenvalue weighted by Crippen LogP contribution is -2.23. The maximum Gasteiger partial charge on any atom is 0.0809 e. The molecule has 1 N–H and O–H groups in total. The van der Waals surface area contributed by atoms with E-state index in [1.807, 2.05) is 24.4 Å². The number of thiophene rings is 1. The van der Waals surface area contributed by atoms with Crippen molar-refractivity contribution in [3.8, 4) is 0 Å². The monoisotopic (exact) mass is 316 g/mol. The van der Waals surface area contributed by atoms with E-state index in [1.165, 1.54) is 10.3 Å². The van der Waals surface area contributed by atoms with Crippen LogP contribution in [0.25, 0.3) is 10.2 Å². The van der Waals surface area contributed by atoms with Gasteiger partial charge in [-0.15, -0.1) is 11.3 Å². The normalized spacial score (nSPS) is 12.7. The van der Waals surface area contributed by atoms with Gasteiger partial charge in [0.2, 0.25) is 0 Å². The highest BCUT2D eigenvalue weighted by Gasteiger charge is 2.14. The van der Waals surface area contributed by atoms with Gasteiger partial charge in [0.15, 0.2) is 0 Å². The van der Waals surface area contributed by atoms with Crippen molar-refractivity contribution in [1.29, 1.82) is 0 Å². The second-order valence-electron chi connectivity index (χ2n) is 4.98. The van der Waals surface area contributed by atoms with E-state index in [0.717, 1.165) is 29.1 Å². The van der Waals surface area contributed by atoms with Crippen LogP contribution in [0.15, 0.2) is 48.0 Å². The van der Waals surface area contributed by atoms with Crippen LogP contribution in [0.3, 0.4) is 0 Å². The molecule has 3 aromatic rings. The van der Waals surface area contributed by atoms with E-state index in [4.69, 9.17) is 11.6 Å². The number of pyridine rings is 1. The Hall–Kier alpha value is -1.42. The first-order chi connectivity index (χ1) is 10.3. The summed E-state index contributed by atoms with van der Waals surface area (Å²) < 4.78 is 1.23. The van der Waals surface area contributed by atoms with Crippen LogP contribution >= 0.6 is 22.9 Å². The number of fused-ring (bicyclic) bond motifs is 1. The Bertz CT molecular complexity index is 738. The van der Waals surface area contributed by atoms with Gasteiger partial charge in [-0.05, 0) is 47.7 Å². The summed E-state index contributed by atoms with van der Waals surface area (Å²) in [7, 11) is 0. The summed E-state index contributed by atoms with van der Waals surface area (Å²) >= 11 is 8.02. The summed E-state index contributed by atoms with van der Waals surface area (Å²) in [6, 6.07) is 12.5. The molecule has 4 heteroatoms. The highest BCUT2D eigenvalue weighted by molar-refractivity contribution is 7.17. The quantitative estimate of drug-likeness (QED) is 0.728. The van der Waals surface area contributed by atoms with Gasteiger partial charge in [-0.3, -0.25) is 4.98 Å². The van der Waals surface area contributed by atoms with Crippen molar-refractivity contribution in [1.82, 2.24) is 10.3 Å². The van der Waals surface area contributed by atoms with E-state index in [1.54, 1.807) is 11.3 Å². The molecule has 1 atom stereocenters. The number of benzene rings is 1. The average Bonchev–Trinajstić information content (AvgIpc) is 2.96. The fourth-order valence-corrected chi connectivity index (χ4v) is 3.49. The van der Waals surface area contributed by atoms with Crippen LogP contribution in [0.2, 0.25) is 5.02 Å². The molecule has 2 nitrogen and oxygen atoms in total. The van der Waals surface area contributed by atoms with Gasteiger partial charge in [0, 0.05) is 17.3 Å². The van der Waals surface area contributed by atoms with E-state index in [2.05, 4.69) is 40.8 Å². The second-order valence-corrected chi connectivity index (χ2v) is 6.33. The van der Waals surface area contributed by atoms with E-state index in [9.17, 15) is 0 Å². The van der Waals surface area contributed by atoms with Gasteiger partial charge in [-0.2, -0.15) is 0 Å². The van der Waals surface area contributed by atoms with Gasteiger partial charge in [-0.1, -0.05) is 36.7 Å². The van der Waals surface area contributed by atoms with Crippen molar-refractivity contribution in [2.24, 2.45) is 0 Å². The number of likely N-dealkylation sites (N-methyl/N-ethyl adjacent to an activating group) is 1. The first-order valence-corrected chi connectivity index (χ1v) is 8.33. The number of halogens is 1. The Morgan fingerprint density at radius 1 is 1.29 bits per heavy atom. The van der Waals surface area contributed by atoms with E-state index >= 15 is 0 Å². The lowest BCUT2D eigenvalue weighted by Gasteiger charge is -2.19. The van der Waals surface area contributed by atoms with Crippen molar-refractivity contribution in [3.63, 3.8) is 0 Å². The molecule has 3 rings (SSSR count). The summed E-state index contributed by atoms with van der Waals surface area (Å²) in [6.07, 6.45) is 2.84. The van der Waals surface area contributed by atoms with Crippen molar-refractivity contribution >= 4 is 33.2 Å². The summed E-state index contributed by atoms with van der Waals surface area (Å²) in [5.74, 6) is 0. The molecule has 0 amide bonds. The first-order valence-electron chi connectivity index (χ1n) is 7.08. The number of aromatic nitrogens is 1. The molecule has 21 heavy (non-hydrogen) atoms. The Morgan fingerprint density at radius 2 is 2.14 bits per heavy atom. The van der Waals surface area contributed by atoms with Crippen LogP contribution in [0, 0.1) is 0 Å². The molecule has 0 fully saturated rings. The average molecular weight is 317 g/mol. The zero-order chi connectivity index (χ0) is 14.7. The number of nitrogens with one attached hydrogen (secondary N) is 1. The molecule has 1 unspecified atom stereocenters. The highest BCUT2D eigenvalue weighted by Crippen LogP contribution is 2.26. The molecule has 0 saturated carbocycles. The molecular weight excluding hydrogens is 300 g/mol. The smallest absolute Gasteiger partial charge is 0.0809 e. The van der Waals surface area contributed by atoms with Crippen LogP contribution in [0.5, 0.6) is 0 Å². The molecule has 0 aliphatic carbocycles. The molecule has 1 aromatic carbocycles. The topological polar surface area (TPSA) is 24.9 Å². The second kappa shape index (κ2) is 6.56.